The van der Waals surface area contributed by atoms with Crippen molar-refractivity contribution in [3.8, 4) is 11.5 Å². The Morgan fingerprint density at radius 2 is 1.83 bits per heavy atom. The second-order valence-corrected chi connectivity index (χ2v) is 8.43. The predicted octanol–water partition coefficient (Wildman–Crippen LogP) is 6.35. The normalized spacial score (nSPS) is 19.8. The largest absolute Gasteiger partial charge is 0.497 e. The van der Waals surface area contributed by atoms with Gasteiger partial charge in [-0.25, -0.2) is 5.01 Å². The van der Waals surface area contributed by atoms with Gasteiger partial charge in [-0.3, -0.25) is 0 Å². The van der Waals surface area contributed by atoms with E-state index in [9.17, 15) is 0 Å². The first-order chi connectivity index (χ1) is 14.1. The van der Waals surface area contributed by atoms with Crippen molar-refractivity contribution in [2.45, 2.75) is 18.7 Å². The highest BCUT2D eigenvalue weighted by molar-refractivity contribution is 9.10. The third-order valence-electron chi connectivity index (χ3n) is 5.33. The van der Waals surface area contributed by atoms with Gasteiger partial charge >= 0.3 is 0 Å². The highest BCUT2D eigenvalue weighted by Gasteiger charge is 2.41. The second-order valence-electron chi connectivity index (χ2n) is 7.08. The molecule has 0 bridgehead atoms. The Bertz CT molecular complexity index is 1080. The summed E-state index contributed by atoms with van der Waals surface area (Å²) in [6, 6.07) is 22.1. The molecule has 3 aromatic carbocycles. The monoisotopic (exact) mass is 468 g/mol. The molecule has 2 aliphatic heterocycles. The number of hydrogen-bond acceptors (Lipinski definition) is 4. The smallest absolute Gasteiger partial charge is 0.213 e. The molecule has 2 unspecified atom stereocenters. The number of benzene rings is 3. The molecule has 29 heavy (non-hydrogen) atoms. The first-order valence-corrected chi connectivity index (χ1v) is 10.5. The van der Waals surface area contributed by atoms with E-state index in [2.05, 4.69) is 33.1 Å². The molecule has 0 amide bonds. The fourth-order valence-electron chi connectivity index (χ4n) is 3.86. The maximum absolute atomic E-state index is 6.38. The molecule has 6 heteroatoms. The number of hydrogen-bond donors (Lipinski definition) is 0. The molecule has 2 atom stereocenters. The molecule has 0 aliphatic carbocycles. The molecule has 3 aromatic rings. The Morgan fingerprint density at radius 1 is 1.07 bits per heavy atom. The highest BCUT2D eigenvalue weighted by Crippen LogP contribution is 2.48. The zero-order chi connectivity index (χ0) is 20.0. The minimum atomic E-state index is -0.312. The van der Waals surface area contributed by atoms with Gasteiger partial charge in [0.25, 0.3) is 0 Å². The fraction of sp³-hybridized carbons (Fsp3) is 0.174. The van der Waals surface area contributed by atoms with Crippen LogP contribution in [-0.4, -0.2) is 17.8 Å². The molecule has 0 radical (unpaired) electrons. The van der Waals surface area contributed by atoms with Gasteiger partial charge in [0.05, 0.1) is 18.9 Å². The Morgan fingerprint density at radius 3 is 2.55 bits per heavy atom. The zero-order valence-corrected chi connectivity index (χ0v) is 18.0. The van der Waals surface area contributed by atoms with Crippen molar-refractivity contribution >= 4 is 33.2 Å². The molecule has 5 rings (SSSR count). The minimum absolute atomic E-state index is 0.0724. The van der Waals surface area contributed by atoms with Gasteiger partial charge in [-0.1, -0.05) is 39.7 Å². The van der Waals surface area contributed by atoms with Crippen molar-refractivity contribution < 1.29 is 9.47 Å². The lowest BCUT2D eigenvalue weighted by molar-refractivity contribution is -0.0190. The van der Waals surface area contributed by atoms with Crippen LogP contribution < -0.4 is 9.47 Å². The summed E-state index contributed by atoms with van der Waals surface area (Å²) in [6.45, 7) is 0. The molecule has 0 N–H and O–H groups in total. The van der Waals surface area contributed by atoms with Gasteiger partial charge in [-0.05, 0) is 60.2 Å². The van der Waals surface area contributed by atoms with E-state index in [0.717, 1.165) is 44.8 Å². The third-order valence-corrected chi connectivity index (χ3v) is 6.09. The van der Waals surface area contributed by atoms with Crippen molar-refractivity contribution in [3.05, 3.63) is 92.9 Å². The van der Waals surface area contributed by atoms with Crippen LogP contribution in [0.5, 0.6) is 11.5 Å². The average Bonchev–Trinajstić information content (AvgIpc) is 3.20. The predicted molar refractivity (Wildman–Crippen MR) is 118 cm³/mol. The number of rotatable bonds is 3. The second kappa shape index (κ2) is 7.39. The number of nitrogens with zero attached hydrogens (tertiary/aromatic N) is 2. The first kappa shape index (κ1) is 18.5. The molecule has 0 aromatic heterocycles. The van der Waals surface area contributed by atoms with Crippen molar-refractivity contribution in [1.29, 1.82) is 0 Å². The average molecular weight is 470 g/mol. The lowest BCUT2D eigenvalue weighted by atomic mass is 9.96. The van der Waals surface area contributed by atoms with Gasteiger partial charge < -0.3 is 9.47 Å². The summed E-state index contributed by atoms with van der Waals surface area (Å²) in [4.78, 5) is 0. The fourth-order valence-corrected chi connectivity index (χ4v) is 4.31. The van der Waals surface area contributed by atoms with Crippen LogP contribution in [0.25, 0.3) is 0 Å². The molecule has 146 valence electrons. The molecular formula is C23H18BrClN2O2. The van der Waals surface area contributed by atoms with Crippen molar-refractivity contribution in [1.82, 2.24) is 5.01 Å². The maximum Gasteiger partial charge on any atom is 0.213 e. The molecule has 0 spiro atoms. The Labute approximate surface area is 182 Å². The minimum Gasteiger partial charge on any atom is -0.497 e. The van der Waals surface area contributed by atoms with Crippen LogP contribution in [0, 0.1) is 0 Å². The topological polar surface area (TPSA) is 34.1 Å². The quantitative estimate of drug-likeness (QED) is 0.448. The number of ether oxygens (including phenoxy) is 2. The van der Waals surface area contributed by atoms with Crippen LogP contribution in [0.4, 0.5) is 0 Å². The van der Waals surface area contributed by atoms with E-state index in [1.54, 1.807) is 7.11 Å². The molecule has 4 nitrogen and oxygen atoms in total. The Balaban J connectivity index is 1.58. The Hall–Kier alpha value is -2.50. The molecule has 2 aliphatic rings. The summed E-state index contributed by atoms with van der Waals surface area (Å²) in [7, 11) is 1.66. The maximum atomic E-state index is 6.38. The molecule has 0 saturated heterocycles. The van der Waals surface area contributed by atoms with Gasteiger partial charge in [0.15, 0.2) is 0 Å². The number of methoxy groups -OCH3 is 1. The van der Waals surface area contributed by atoms with E-state index in [0.29, 0.717) is 5.02 Å². The van der Waals surface area contributed by atoms with Crippen LogP contribution in [0.15, 0.2) is 76.3 Å². The van der Waals surface area contributed by atoms with Crippen LogP contribution in [0.2, 0.25) is 5.02 Å². The standard InChI is InChI=1S/C23H18BrClN2O2/c1-28-18-9-4-15(5-10-18)23-27-21(19-12-17(25)8-11-22(19)29-23)13-20(26-27)14-2-6-16(24)7-3-14/h2-12,21,23H,13H2,1H3. The summed E-state index contributed by atoms with van der Waals surface area (Å²) >= 11 is 9.80. The van der Waals surface area contributed by atoms with Gasteiger partial charge in [0.1, 0.15) is 11.5 Å². The van der Waals surface area contributed by atoms with E-state index in [1.807, 2.05) is 54.6 Å². The van der Waals surface area contributed by atoms with Crippen LogP contribution in [0.1, 0.15) is 35.4 Å². The van der Waals surface area contributed by atoms with Crippen molar-refractivity contribution in [2.75, 3.05) is 7.11 Å². The number of hydrazone groups is 1. The first-order valence-electron chi connectivity index (χ1n) is 9.34. The van der Waals surface area contributed by atoms with Crippen LogP contribution >= 0.6 is 27.5 Å². The van der Waals surface area contributed by atoms with E-state index in [1.165, 1.54) is 0 Å². The van der Waals surface area contributed by atoms with Crippen molar-refractivity contribution in [3.63, 3.8) is 0 Å². The van der Waals surface area contributed by atoms with Crippen molar-refractivity contribution in [2.24, 2.45) is 5.10 Å². The number of halogens is 2. The van der Waals surface area contributed by atoms with Crippen LogP contribution in [-0.2, 0) is 0 Å². The lowest BCUT2D eigenvalue weighted by Gasteiger charge is -2.38. The van der Waals surface area contributed by atoms with E-state index in [4.69, 9.17) is 26.2 Å². The zero-order valence-electron chi connectivity index (χ0n) is 15.7. The van der Waals surface area contributed by atoms with E-state index in [-0.39, 0.29) is 12.3 Å². The number of fused-ring (bicyclic) bond motifs is 3. The molecule has 2 heterocycles. The Kier molecular flexibility index (Phi) is 4.72. The van der Waals surface area contributed by atoms with Gasteiger partial charge in [-0.2, -0.15) is 5.10 Å². The SMILES string of the molecule is COc1ccc(C2Oc3ccc(Cl)cc3C3CC(c4ccc(Br)cc4)=NN32)cc1. The van der Waals surface area contributed by atoms with E-state index >= 15 is 0 Å². The molecular weight excluding hydrogens is 452 g/mol. The van der Waals surface area contributed by atoms with Gasteiger partial charge in [0.2, 0.25) is 6.23 Å². The summed E-state index contributed by atoms with van der Waals surface area (Å²) in [5.41, 5.74) is 4.24. The summed E-state index contributed by atoms with van der Waals surface area (Å²) < 4.78 is 12.7. The highest BCUT2D eigenvalue weighted by atomic mass is 79.9. The summed E-state index contributed by atoms with van der Waals surface area (Å²) in [5.74, 6) is 1.66. The molecule has 0 fully saturated rings. The summed E-state index contributed by atoms with van der Waals surface area (Å²) in [6.07, 6.45) is 0.484. The molecule has 0 saturated carbocycles. The van der Waals surface area contributed by atoms with Gasteiger partial charge in [0, 0.05) is 27.0 Å². The summed E-state index contributed by atoms with van der Waals surface area (Å²) in [5, 5.41) is 7.73. The lowest BCUT2D eigenvalue weighted by Crippen LogP contribution is -2.33. The van der Waals surface area contributed by atoms with Gasteiger partial charge in [-0.15, -0.1) is 0 Å². The van der Waals surface area contributed by atoms with E-state index < -0.39 is 0 Å². The van der Waals surface area contributed by atoms with Crippen LogP contribution in [0.3, 0.4) is 0 Å². The third kappa shape index (κ3) is 3.38.